The molecule has 1 atom stereocenters. The number of nitrogen functional groups attached to an aromatic ring is 1. The highest BCUT2D eigenvalue weighted by Crippen LogP contribution is 2.27. The largest absolute Gasteiger partial charge is 0.374 e. The second kappa shape index (κ2) is 7.04. The van der Waals surface area contributed by atoms with Crippen LogP contribution < -0.4 is 16.4 Å². The third kappa shape index (κ3) is 4.72. The molecule has 3 amide bonds. The topological polar surface area (TPSA) is 110 Å². The summed E-state index contributed by atoms with van der Waals surface area (Å²) in [6.07, 6.45) is 0. The Morgan fingerprint density at radius 1 is 1.29 bits per heavy atom. The van der Waals surface area contributed by atoms with Crippen molar-refractivity contribution in [1.82, 2.24) is 15.5 Å². The van der Waals surface area contributed by atoms with E-state index in [1.807, 2.05) is 6.07 Å². The van der Waals surface area contributed by atoms with Crippen LogP contribution in [-0.4, -0.2) is 27.4 Å². The number of amides is 3. The Bertz CT molecular complexity index is 632. The Morgan fingerprint density at radius 2 is 2.00 bits per heavy atom. The molecule has 0 radical (unpaired) electrons. The first kappa shape index (κ1) is 15.3. The fraction of sp³-hybridized carbons (Fsp3) is 0.167. The molecule has 2 aromatic rings. The minimum Gasteiger partial charge on any atom is -0.374 e. The molecule has 4 N–H and O–H groups in total. The van der Waals surface area contributed by atoms with Gasteiger partial charge in [0.1, 0.15) is 0 Å². The van der Waals surface area contributed by atoms with E-state index < -0.39 is 17.2 Å². The van der Waals surface area contributed by atoms with Crippen molar-refractivity contribution in [1.29, 1.82) is 0 Å². The van der Waals surface area contributed by atoms with Crippen LogP contribution in [0, 0.1) is 0 Å². The number of benzene rings is 1. The number of nitrogens with two attached hydrogens (primary N) is 1. The zero-order valence-corrected chi connectivity index (χ0v) is 12.7. The first-order valence-electron chi connectivity index (χ1n) is 5.97. The zero-order valence-electron chi connectivity index (χ0n) is 11.1. The Balaban J connectivity index is 1.84. The predicted molar refractivity (Wildman–Crippen MR) is 83.2 cm³/mol. The number of para-hydroxylation sites is 1. The molecule has 21 heavy (non-hydrogen) atoms. The molecule has 1 aromatic carbocycles. The van der Waals surface area contributed by atoms with Crippen molar-refractivity contribution in [2.45, 2.75) is 16.5 Å². The van der Waals surface area contributed by atoms with E-state index in [0.717, 1.165) is 0 Å². The summed E-state index contributed by atoms with van der Waals surface area (Å²) in [5.41, 5.74) is 6.08. The summed E-state index contributed by atoms with van der Waals surface area (Å²) in [7, 11) is 0. The van der Waals surface area contributed by atoms with Gasteiger partial charge in [-0.05, 0) is 19.1 Å². The first-order valence-corrected chi connectivity index (χ1v) is 7.67. The summed E-state index contributed by atoms with van der Waals surface area (Å²) in [5, 5.41) is 12.2. The van der Waals surface area contributed by atoms with Gasteiger partial charge in [-0.1, -0.05) is 41.3 Å². The van der Waals surface area contributed by atoms with Gasteiger partial charge in [-0.2, -0.15) is 0 Å². The average molecular weight is 323 g/mol. The lowest BCUT2D eigenvalue weighted by molar-refractivity contribution is -0.119. The summed E-state index contributed by atoms with van der Waals surface area (Å²) >= 11 is 2.39. The van der Waals surface area contributed by atoms with Crippen LogP contribution in [0.3, 0.4) is 0 Å². The van der Waals surface area contributed by atoms with E-state index in [9.17, 15) is 9.59 Å². The van der Waals surface area contributed by atoms with Gasteiger partial charge in [0.05, 0.1) is 5.25 Å². The van der Waals surface area contributed by atoms with Crippen molar-refractivity contribution in [2.75, 3.05) is 11.1 Å². The maximum atomic E-state index is 11.9. The predicted octanol–water partition coefficient (Wildman–Crippen LogP) is 1.95. The minimum atomic E-state index is -0.574. The lowest BCUT2D eigenvalue weighted by Gasteiger charge is -2.10. The van der Waals surface area contributed by atoms with Gasteiger partial charge < -0.3 is 11.1 Å². The van der Waals surface area contributed by atoms with E-state index in [-0.39, 0.29) is 0 Å². The van der Waals surface area contributed by atoms with Crippen molar-refractivity contribution in [3.05, 3.63) is 30.3 Å². The maximum Gasteiger partial charge on any atom is 0.325 e. The van der Waals surface area contributed by atoms with Crippen molar-refractivity contribution in [3.63, 3.8) is 0 Å². The molecule has 1 unspecified atom stereocenters. The van der Waals surface area contributed by atoms with Crippen LogP contribution in [0.15, 0.2) is 34.7 Å². The molecule has 0 saturated carbocycles. The number of hydrogen-bond donors (Lipinski definition) is 3. The molecule has 9 heteroatoms. The molecule has 7 nitrogen and oxygen atoms in total. The summed E-state index contributed by atoms with van der Waals surface area (Å²) in [4.78, 5) is 23.6. The van der Waals surface area contributed by atoms with E-state index in [4.69, 9.17) is 5.73 Å². The molecule has 2 rings (SSSR count). The van der Waals surface area contributed by atoms with E-state index >= 15 is 0 Å². The lowest BCUT2D eigenvalue weighted by atomic mass is 10.3. The number of aromatic nitrogens is 2. The number of anilines is 2. The highest BCUT2D eigenvalue weighted by molar-refractivity contribution is 8.02. The third-order valence-corrected chi connectivity index (χ3v) is 4.27. The van der Waals surface area contributed by atoms with Crippen LogP contribution in [-0.2, 0) is 4.79 Å². The first-order chi connectivity index (χ1) is 10.0. The minimum absolute atomic E-state index is 0.340. The number of carbonyl (C=O) groups excluding carboxylic acids is 2. The fourth-order valence-corrected chi connectivity index (χ4v) is 3.15. The van der Waals surface area contributed by atoms with Crippen LogP contribution >= 0.6 is 23.1 Å². The molecule has 0 aliphatic rings. The second-order valence-electron chi connectivity index (χ2n) is 3.98. The van der Waals surface area contributed by atoms with Crippen LogP contribution in [0.4, 0.5) is 15.6 Å². The van der Waals surface area contributed by atoms with Gasteiger partial charge in [0.2, 0.25) is 11.0 Å². The Hall–Kier alpha value is -2.13. The number of nitrogens with zero attached hydrogens (tertiary/aromatic N) is 2. The molecule has 1 heterocycles. The molecule has 0 spiro atoms. The van der Waals surface area contributed by atoms with Crippen LogP contribution in [0.25, 0.3) is 0 Å². The molecule has 0 bridgehead atoms. The molecule has 0 aliphatic carbocycles. The number of imide groups is 1. The maximum absolute atomic E-state index is 11.9. The van der Waals surface area contributed by atoms with Gasteiger partial charge in [0, 0.05) is 5.69 Å². The summed E-state index contributed by atoms with van der Waals surface area (Å²) < 4.78 is 0.582. The molecule has 0 fully saturated rings. The highest BCUT2D eigenvalue weighted by atomic mass is 32.2. The van der Waals surface area contributed by atoms with Crippen molar-refractivity contribution in [2.24, 2.45) is 0 Å². The van der Waals surface area contributed by atoms with Gasteiger partial charge >= 0.3 is 6.03 Å². The quantitative estimate of drug-likeness (QED) is 0.742. The van der Waals surface area contributed by atoms with Gasteiger partial charge in [0.15, 0.2) is 4.34 Å². The third-order valence-electron chi connectivity index (χ3n) is 2.34. The monoisotopic (exact) mass is 323 g/mol. The Kier molecular flexibility index (Phi) is 5.12. The zero-order chi connectivity index (χ0) is 15.2. The highest BCUT2D eigenvalue weighted by Gasteiger charge is 2.19. The van der Waals surface area contributed by atoms with Gasteiger partial charge in [-0.3, -0.25) is 10.1 Å². The van der Waals surface area contributed by atoms with E-state index in [2.05, 4.69) is 20.8 Å². The molecule has 0 aliphatic heterocycles. The molecular weight excluding hydrogens is 310 g/mol. The summed E-state index contributed by atoms with van der Waals surface area (Å²) in [6.45, 7) is 1.67. The smallest absolute Gasteiger partial charge is 0.325 e. The normalized spacial score (nSPS) is 11.7. The van der Waals surface area contributed by atoms with Crippen molar-refractivity contribution >= 4 is 45.9 Å². The SMILES string of the molecule is CC(Sc1nnc(N)s1)C(=O)NC(=O)Nc1ccccc1. The Labute approximate surface area is 129 Å². The number of hydrogen-bond acceptors (Lipinski definition) is 7. The molecule has 0 saturated heterocycles. The number of thioether (sulfide) groups is 1. The number of nitrogens with one attached hydrogen (secondary N) is 2. The molecule has 110 valence electrons. The van der Waals surface area contributed by atoms with E-state index in [1.54, 1.807) is 31.2 Å². The summed E-state index contributed by atoms with van der Waals surface area (Å²) in [5.74, 6) is -0.415. The molecular formula is C12H13N5O2S2. The van der Waals surface area contributed by atoms with Crippen LogP contribution in [0.1, 0.15) is 6.92 Å². The second-order valence-corrected chi connectivity index (χ2v) is 6.57. The van der Waals surface area contributed by atoms with Crippen molar-refractivity contribution in [3.8, 4) is 0 Å². The van der Waals surface area contributed by atoms with E-state index in [0.29, 0.717) is 15.2 Å². The number of rotatable bonds is 4. The number of urea groups is 1. The van der Waals surface area contributed by atoms with Crippen LogP contribution in [0.2, 0.25) is 0 Å². The standard InChI is InChI=1S/C12H13N5O2S2/c1-7(20-12-17-16-10(13)21-12)9(18)15-11(19)14-8-5-3-2-4-6-8/h2-7H,1H3,(H2,13,16)(H2,14,15,18,19). The van der Waals surface area contributed by atoms with Crippen LogP contribution in [0.5, 0.6) is 0 Å². The van der Waals surface area contributed by atoms with Gasteiger partial charge in [-0.25, -0.2) is 4.79 Å². The molecule has 1 aromatic heterocycles. The Morgan fingerprint density at radius 3 is 2.62 bits per heavy atom. The lowest BCUT2D eigenvalue weighted by Crippen LogP contribution is -2.38. The average Bonchev–Trinajstić information content (AvgIpc) is 2.85. The van der Waals surface area contributed by atoms with Crippen molar-refractivity contribution < 1.29 is 9.59 Å². The summed E-state index contributed by atoms with van der Waals surface area (Å²) in [6, 6.07) is 8.29. The van der Waals surface area contributed by atoms with Gasteiger partial charge in [0.25, 0.3) is 0 Å². The fourth-order valence-electron chi connectivity index (χ4n) is 1.37. The van der Waals surface area contributed by atoms with E-state index in [1.165, 1.54) is 23.1 Å². The van der Waals surface area contributed by atoms with Gasteiger partial charge in [-0.15, -0.1) is 10.2 Å². The number of carbonyl (C=O) groups is 2.